The van der Waals surface area contributed by atoms with Gasteiger partial charge in [-0.3, -0.25) is 9.59 Å². The number of aromatic nitrogens is 1. The van der Waals surface area contributed by atoms with Crippen molar-refractivity contribution in [1.82, 2.24) is 14.4 Å². The van der Waals surface area contributed by atoms with E-state index in [1.807, 2.05) is 53.6 Å². The van der Waals surface area contributed by atoms with Crippen molar-refractivity contribution in [3.8, 4) is 0 Å². The zero-order valence-electron chi connectivity index (χ0n) is 21.5. The lowest BCUT2D eigenvalue weighted by Crippen LogP contribution is -2.46. The van der Waals surface area contributed by atoms with Gasteiger partial charge in [0, 0.05) is 51.2 Å². The van der Waals surface area contributed by atoms with Gasteiger partial charge in [-0.05, 0) is 54.7 Å². The minimum atomic E-state index is -0.261. The number of ether oxygens (including phenoxy) is 1. The number of methoxy groups -OCH3 is 1. The third kappa shape index (κ3) is 7.52. The van der Waals surface area contributed by atoms with E-state index in [0.717, 1.165) is 36.1 Å². The molecular weight excluding hydrogens is 469 g/mol. The smallest absolute Gasteiger partial charge is 0.242 e. The molecule has 196 valence electrons. The molecular formula is C30H36FN3O3. The third-order valence-corrected chi connectivity index (χ3v) is 6.98. The van der Waals surface area contributed by atoms with Crippen molar-refractivity contribution in [1.29, 1.82) is 0 Å². The topological polar surface area (TPSA) is 54.8 Å². The molecule has 7 heteroatoms. The number of carbonyl (C=O) groups excluding carboxylic acids is 2. The second-order valence-electron chi connectivity index (χ2n) is 9.72. The Kier molecular flexibility index (Phi) is 9.49. The van der Waals surface area contributed by atoms with Gasteiger partial charge in [0.2, 0.25) is 11.8 Å². The van der Waals surface area contributed by atoms with Crippen LogP contribution in [0.1, 0.15) is 42.5 Å². The van der Waals surface area contributed by atoms with Crippen molar-refractivity contribution in [3.63, 3.8) is 0 Å². The van der Waals surface area contributed by atoms with Crippen molar-refractivity contribution >= 4 is 11.8 Å². The highest BCUT2D eigenvalue weighted by atomic mass is 19.1. The molecule has 0 N–H and O–H groups in total. The van der Waals surface area contributed by atoms with Crippen LogP contribution < -0.4 is 0 Å². The number of nitrogens with zero attached hydrogens (tertiary/aromatic N) is 3. The molecule has 6 nitrogen and oxygen atoms in total. The van der Waals surface area contributed by atoms with Crippen LogP contribution in [0.4, 0.5) is 4.39 Å². The molecule has 0 unspecified atom stereocenters. The Bertz CT molecular complexity index is 1140. The number of benzene rings is 2. The zero-order chi connectivity index (χ0) is 26.0. The minimum Gasteiger partial charge on any atom is -0.385 e. The van der Waals surface area contributed by atoms with Crippen LogP contribution in [0.25, 0.3) is 0 Å². The van der Waals surface area contributed by atoms with E-state index >= 15 is 0 Å². The quantitative estimate of drug-likeness (QED) is 0.312. The van der Waals surface area contributed by atoms with E-state index in [-0.39, 0.29) is 30.1 Å². The summed E-state index contributed by atoms with van der Waals surface area (Å²) in [5.41, 5.74) is 2.99. The Labute approximate surface area is 218 Å². The van der Waals surface area contributed by atoms with Crippen LogP contribution in [-0.2, 0) is 34.0 Å². The number of rotatable bonds is 13. The number of halogens is 1. The molecule has 0 aliphatic heterocycles. The van der Waals surface area contributed by atoms with Crippen molar-refractivity contribution in [2.45, 2.75) is 45.3 Å². The molecule has 1 saturated carbocycles. The first-order valence-corrected chi connectivity index (χ1v) is 13.0. The maximum Gasteiger partial charge on any atom is 0.242 e. The molecule has 0 bridgehead atoms. The summed E-state index contributed by atoms with van der Waals surface area (Å²) in [6, 6.07) is 20.3. The first kappa shape index (κ1) is 26.6. The first-order valence-electron chi connectivity index (χ1n) is 13.0. The van der Waals surface area contributed by atoms with Crippen molar-refractivity contribution < 1.29 is 18.7 Å². The van der Waals surface area contributed by atoms with Crippen molar-refractivity contribution in [2.75, 3.05) is 26.8 Å². The average Bonchev–Trinajstić information content (AvgIpc) is 3.30. The summed E-state index contributed by atoms with van der Waals surface area (Å²) in [6.07, 6.45) is 5.54. The van der Waals surface area contributed by atoms with Gasteiger partial charge in [-0.25, -0.2) is 4.39 Å². The summed E-state index contributed by atoms with van der Waals surface area (Å²) >= 11 is 0. The third-order valence-electron chi connectivity index (χ3n) is 6.98. The first-order chi connectivity index (χ1) is 18.0. The fourth-order valence-electron chi connectivity index (χ4n) is 4.61. The van der Waals surface area contributed by atoms with Gasteiger partial charge in [-0.2, -0.15) is 0 Å². The summed E-state index contributed by atoms with van der Waals surface area (Å²) < 4.78 is 20.6. The second kappa shape index (κ2) is 13.2. The van der Waals surface area contributed by atoms with E-state index in [4.69, 9.17) is 4.74 Å². The molecule has 0 atom stereocenters. The lowest BCUT2D eigenvalue weighted by molar-refractivity contribution is -0.145. The van der Waals surface area contributed by atoms with Crippen LogP contribution in [0, 0.1) is 11.7 Å². The number of hydrogen-bond donors (Lipinski definition) is 0. The van der Waals surface area contributed by atoms with Gasteiger partial charge in [-0.1, -0.05) is 48.9 Å². The molecule has 0 radical (unpaired) electrons. The molecule has 2 aromatic carbocycles. The fraction of sp³-hybridized carbons (Fsp3) is 0.400. The maximum absolute atomic E-state index is 13.7. The van der Waals surface area contributed by atoms with Crippen LogP contribution >= 0.6 is 0 Å². The Morgan fingerprint density at radius 2 is 1.70 bits per heavy atom. The molecule has 1 aliphatic carbocycles. The highest BCUT2D eigenvalue weighted by Crippen LogP contribution is 2.28. The van der Waals surface area contributed by atoms with Crippen LogP contribution in [0.5, 0.6) is 0 Å². The normalized spacial score (nSPS) is 13.2. The molecule has 1 heterocycles. The second-order valence-corrected chi connectivity index (χ2v) is 9.72. The van der Waals surface area contributed by atoms with Gasteiger partial charge in [0.05, 0.1) is 13.1 Å². The highest BCUT2D eigenvalue weighted by molar-refractivity contribution is 5.86. The summed E-state index contributed by atoms with van der Waals surface area (Å²) in [4.78, 5) is 30.4. The van der Waals surface area contributed by atoms with Crippen molar-refractivity contribution in [3.05, 3.63) is 95.6 Å². The zero-order valence-corrected chi connectivity index (χ0v) is 21.5. The Hall–Kier alpha value is -3.45. The maximum atomic E-state index is 13.7. The molecule has 1 aromatic heterocycles. The van der Waals surface area contributed by atoms with Crippen LogP contribution in [-0.4, -0.2) is 53.0 Å². The molecule has 0 saturated heterocycles. The molecule has 0 spiro atoms. The van der Waals surface area contributed by atoms with Gasteiger partial charge < -0.3 is 19.1 Å². The van der Waals surface area contributed by atoms with E-state index < -0.39 is 0 Å². The van der Waals surface area contributed by atoms with E-state index in [1.54, 1.807) is 24.1 Å². The molecule has 4 rings (SSSR count). The molecule has 2 amide bonds. The molecule has 3 aromatic rings. The van der Waals surface area contributed by atoms with Crippen molar-refractivity contribution in [2.24, 2.45) is 5.92 Å². The standard InChI is InChI=1S/C30H36FN3O3/c1-37-19-7-18-33(30(36)26-10-5-11-26)23-29(35)34(21-24-8-3-2-4-9-24)22-28-12-6-17-32(28)20-25-13-15-27(31)16-14-25/h2-4,6,8-9,12-17,26H,5,7,10-11,18-23H2,1H3. The van der Waals surface area contributed by atoms with Gasteiger partial charge >= 0.3 is 0 Å². The Balaban J connectivity index is 1.51. The van der Waals surface area contributed by atoms with Crippen LogP contribution in [0.15, 0.2) is 72.9 Å². The summed E-state index contributed by atoms with van der Waals surface area (Å²) in [6.45, 7) is 2.56. The largest absolute Gasteiger partial charge is 0.385 e. The summed E-state index contributed by atoms with van der Waals surface area (Å²) in [5.74, 6) is -0.230. The molecule has 1 fully saturated rings. The lowest BCUT2D eigenvalue weighted by atomic mass is 9.84. The fourth-order valence-corrected chi connectivity index (χ4v) is 4.61. The molecule has 1 aliphatic rings. The van der Waals surface area contributed by atoms with E-state index in [1.165, 1.54) is 12.1 Å². The van der Waals surface area contributed by atoms with E-state index in [2.05, 4.69) is 4.57 Å². The molecule has 37 heavy (non-hydrogen) atoms. The highest BCUT2D eigenvalue weighted by Gasteiger charge is 2.31. The SMILES string of the molecule is COCCCN(CC(=O)N(Cc1ccccc1)Cc1cccn1Cc1ccc(F)cc1)C(=O)C1CCC1. The lowest BCUT2D eigenvalue weighted by Gasteiger charge is -2.33. The summed E-state index contributed by atoms with van der Waals surface area (Å²) in [7, 11) is 1.64. The van der Waals surface area contributed by atoms with Gasteiger partial charge in [0.1, 0.15) is 5.82 Å². The van der Waals surface area contributed by atoms with Crippen LogP contribution in [0.3, 0.4) is 0 Å². The predicted molar refractivity (Wildman–Crippen MR) is 141 cm³/mol. The minimum absolute atomic E-state index is 0.0332. The van der Waals surface area contributed by atoms with Crippen LogP contribution in [0.2, 0.25) is 0 Å². The van der Waals surface area contributed by atoms with Gasteiger partial charge in [-0.15, -0.1) is 0 Å². The number of carbonyl (C=O) groups is 2. The number of hydrogen-bond acceptors (Lipinski definition) is 3. The van der Waals surface area contributed by atoms with E-state index in [9.17, 15) is 14.0 Å². The average molecular weight is 506 g/mol. The van der Waals surface area contributed by atoms with Gasteiger partial charge in [0.15, 0.2) is 0 Å². The monoisotopic (exact) mass is 505 g/mol. The van der Waals surface area contributed by atoms with Gasteiger partial charge in [0.25, 0.3) is 0 Å². The summed E-state index contributed by atoms with van der Waals surface area (Å²) in [5, 5.41) is 0. The van der Waals surface area contributed by atoms with E-state index in [0.29, 0.717) is 39.2 Å². The number of amides is 2. The predicted octanol–water partition coefficient (Wildman–Crippen LogP) is 4.87. The Morgan fingerprint density at radius 3 is 2.38 bits per heavy atom. The Morgan fingerprint density at radius 1 is 0.946 bits per heavy atom.